The van der Waals surface area contributed by atoms with Crippen molar-refractivity contribution in [1.82, 2.24) is 9.71 Å². The Kier molecular flexibility index (Phi) is 5.61. The lowest BCUT2D eigenvalue weighted by Gasteiger charge is -2.33. The molecule has 1 aliphatic heterocycles. The first-order chi connectivity index (χ1) is 12.0. The molecule has 0 bridgehead atoms. The van der Waals surface area contributed by atoms with E-state index in [1.165, 1.54) is 11.8 Å². The molecule has 1 N–H and O–H groups in total. The van der Waals surface area contributed by atoms with Crippen LogP contribution < -0.4 is 9.62 Å². The third kappa shape index (κ3) is 4.51. The number of nitrogens with zero attached hydrogens (tertiary/aromatic N) is 2. The highest BCUT2D eigenvalue weighted by Crippen LogP contribution is 2.23. The summed E-state index contributed by atoms with van der Waals surface area (Å²) in [7, 11) is -3.52. The molecule has 134 valence electrons. The van der Waals surface area contributed by atoms with E-state index in [1.807, 2.05) is 19.1 Å². The average molecular weight is 380 g/mol. The van der Waals surface area contributed by atoms with Gasteiger partial charge in [-0.05, 0) is 55.5 Å². The van der Waals surface area contributed by atoms with Crippen LogP contribution in [0.25, 0.3) is 0 Å². The number of aromatic nitrogens is 1. The highest BCUT2D eigenvalue weighted by atomic mass is 35.5. The third-order valence-corrected chi connectivity index (χ3v) is 6.49. The van der Waals surface area contributed by atoms with Crippen LogP contribution in [0.15, 0.2) is 47.6 Å². The third-order valence-electron chi connectivity index (χ3n) is 4.66. The van der Waals surface area contributed by atoms with Crippen molar-refractivity contribution in [2.75, 3.05) is 24.5 Å². The van der Waals surface area contributed by atoms with Crippen molar-refractivity contribution in [3.05, 3.63) is 53.3 Å². The first kappa shape index (κ1) is 18.2. The molecule has 0 atom stereocenters. The topological polar surface area (TPSA) is 62.3 Å². The Morgan fingerprint density at radius 2 is 1.88 bits per heavy atom. The summed E-state index contributed by atoms with van der Waals surface area (Å²) in [5.74, 6) is 0.341. The first-order valence-electron chi connectivity index (χ1n) is 8.36. The number of nitrogens with one attached hydrogen (secondary N) is 1. The molecule has 1 saturated heterocycles. The van der Waals surface area contributed by atoms with Crippen LogP contribution in [0.5, 0.6) is 0 Å². The van der Waals surface area contributed by atoms with Gasteiger partial charge in [-0.15, -0.1) is 0 Å². The summed E-state index contributed by atoms with van der Waals surface area (Å²) < 4.78 is 27.6. The molecule has 0 aliphatic carbocycles. The van der Waals surface area contributed by atoms with Crippen molar-refractivity contribution in [2.45, 2.75) is 24.7 Å². The number of rotatable bonds is 5. The summed E-state index contributed by atoms with van der Waals surface area (Å²) in [6.07, 6.45) is 5.50. The number of pyridine rings is 1. The van der Waals surface area contributed by atoms with E-state index < -0.39 is 10.0 Å². The number of hydrogen-bond acceptors (Lipinski definition) is 4. The fourth-order valence-electron chi connectivity index (χ4n) is 3.00. The minimum atomic E-state index is -3.52. The summed E-state index contributed by atoms with van der Waals surface area (Å²) in [5.41, 5.74) is 2.03. The molecule has 3 rings (SSSR count). The van der Waals surface area contributed by atoms with Crippen LogP contribution in [0.4, 0.5) is 5.69 Å². The van der Waals surface area contributed by atoms with E-state index in [9.17, 15) is 8.42 Å². The van der Waals surface area contributed by atoms with Crippen LogP contribution in [0.2, 0.25) is 5.02 Å². The van der Waals surface area contributed by atoms with Crippen molar-refractivity contribution < 1.29 is 8.42 Å². The molecular formula is C18H22ClN3O2S. The van der Waals surface area contributed by atoms with Crippen LogP contribution in [0.1, 0.15) is 18.4 Å². The lowest BCUT2D eigenvalue weighted by atomic mass is 9.97. The Balaban J connectivity index is 1.55. The molecule has 0 spiro atoms. The molecule has 0 unspecified atom stereocenters. The highest BCUT2D eigenvalue weighted by molar-refractivity contribution is 7.89. The van der Waals surface area contributed by atoms with Gasteiger partial charge in [0, 0.05) is 42.7 Å². The molecule has 5 nitrogen and oxygen atoms in total. The van der Waals surface area contributed by atoms with Crippen molar-refractivity contribution in [2.24, 2.45) is 5.92 Å². The standard InChI is InChI=1S/C18H22ClN3O2S/c1-14-2-3-17(12-18(14)19)25(23,24)21-13-15-6-10-22(11-7-15)16-4-8-20-9-5-16/h2-5,8-9,12,15,21H,6-7,10-11,13H2,1H3. The quantitative estimate of drug-likeness (QED) is 0.866. The summed E-state index contributed by atoms with van der Waals surface area (Å²) in [6.45, 7) is 4.15. The smallest absolute Gasteiger partial charge is 0.240 e. The van der Waals surface area contributed by atoms with Gasteiger partial charge in [0.05, 0.1) is 4.90 Å². The maximum atomic E-state index is 12.4. The Bertz CT molecular complexity index is 819. The average Bonchev–Trinajstić information content (AvgIpc) is 2.63. The van der Waals surface area contributed by atoms with Crippen molar-refractivity contribution in [3.63, 3.8) is 0 Å². The summed E-state index contributed by atoms with van der Waals surface area (Å²) >= 11 is 6.04. The van der Waals surface area contributed by atoms with Gasteiger partial charge >= 0.3 is 0 Å². The van der Waals surface area contributed by atoms with E-state index in [-0.39, 0.29) is 4.90 Å². The fourth-order valence-corrected chi connectivity index (χ4v) is 4.39. The number of halogens is 1. The van der Waals surface area contributed by atoms with Crippen LogP contribution in [0.3, 0.4) is 0 Å². The number of sulfonamides is 1. The molecular weight excluding hydrogens is 358 g/mol. The second-order valence-electron chi connectivity index (χ2n) is 6.40. The second-order valence-corrected chi connectivity index (χ2v) is 8.57. The van der Waals surface area contributed by atoms with Crippen LogP contribution in [-0.4, -0.2) is 33.0 Å². The molecule has 0 amide bonds. The monoisotopic (exact) mass is 379 g/mol. The van der Waals surface area contributed by atoms with E-state index in [0.717, 1.165) is 31.5 Å². The largest absolute Gasteiger partial charge is 0.371 e. The summed E-state index contributed by atoms with van der Waals surface area (Å²) in [5, 5.41) is 0.466. The Morgan fingerprint density at radius 3 is 2.52 bits per heavy atom. The Labute approximate surface area is 154 Å². The van der Waals surface area contributed by atoms with Gasteiger partial charge in [0.1, 0.15) is 0 Å². The number of hydrogen-bond donors (Lipinski definition) is 1. The van der Waals surface area contributed by atoms with E-state index in [0.29, 0.717) is 17.5 Å². The second kappa shape index (κ2) is 7.72. The molecule has 1 fully saturated rings. The number of benzene rings is 1. The van der Waals surface area contributed by atoms with Crippen molar-refractivity contribution in [1.29, 1.82) is 0 Å². The van der Waals surface area contributed by atoms with Gasteiger partial charge < -0.3 is 4.90 Å². The Morgan fingerprint density at radius 1 is 1.20 bits per heavy atom. The number of piperidine rings is 1. The van der Waals surface area contributed by atoms with Crippen LogP contribution >= 0.6 is 11.6 Å². The fraction of sp³-hybridized carbons (Fsp3) is 0.389. The van der Waals surface area contributed by atoms with E-state index >= 15 is 0 Å². The lowest BCUT2D eigenvalue weighted by molar-refractivity contribution is 0.402. The predicted molar refractivity (Wildman–Crippen MR) is 101 cm³/mol. The maximum Gasteiger partial charge on any atom is 0.240 e. The van der Waals surface area contributed by atoms with Crippen LogP contribution in [-0.2, 0) is 10.0 Å². The maximum absolute atomic E-state index is 12.4. The van der Waals surface area contributed by atoms with Gasteiger partial charge in [0.15, 0.2) is 0 Å². The zero-order valence-electron chi connectivity index (χ0n) is 14.2. The molecule has 1 aromatic heterocycles. The summed E-state index contributed by atoms with van der Waals surface area (Å²) in [6, 6.07) is 8.83. The molecule has 7 heteroatoms. The first-order valence-corrected chi connectivity index (χ1v) is 10.2. The van der Waals surface area contributed by atoms with Gasteiger partial charge in [-0.3, -0.25) is 4.98 Å². The normalized spacial score (nSPS) is 16.2. The molecule has 2 heterocycles. The number of aryl methyl sites for hydroxylation is 1. The van der Waals surface area contributed by atoms with Gasteiger partial charge in [0.25, 0.3) is 0 Å². The van der Waals surface area contributed by atoms with Gasteiger partial charge in [0.2, 0.25) is 10.0 Å². The zero-order chi connectivity index (χ0) is 17.9. The van der Waals surface area contributed by atoms with Crippen molar-refractivity contribution >= 4 is 27.3 Å². The SMILES string of the molecule is Cc1ccc(S(=O)(=O)NCC2CCN(c3ccncc3)CC2)cc1Cl. The molecule has 25 heavy (non-hydrogen) atoms. The Hall–Kier alpha value is -1.63. The lowest BCUT2D eigenvalue weighted by Crippen LogP contribution is -2.38. The zero-order valence-corrected chi connectivity index (χ0v) is 15.7. The van der Waals surface area contributed by atoms with Crippen LogP contribution in [0, 0.1) is 12.8 Å². The van der Waals surface area contributed by atoms with Gasteiger partial charge in [-0.1, -0.05) is 17.7 Å². The van der Waals surface area contributed by atoms with Gasteiger partial charge in [-0.2, -0.15) is 0 Å². The molecule has 1 aliphatic rings. The predicted octanol–water partition coefficient (Wildman–Crippen LogP) is 3.24. The minimum absolute atomic E-state index is 0.220. The van der Waals surface area contributed by atoms with E-state index in [1.54, 1.807) is 24.5 Å². The van der Waals surface area contributed by atoms with E-state index in [2.05, 4.69) is 14.6 Å². The molecule has 1 aromatic carbocycles. The van der Waals surface area contributed by atoms with E-state index in [4.69, 9.17) is 11.6 Å². The van der Waals surface area contributed by atoms with Gasteiger partial charge in [-0.25, -0.2) is 13.1 Å². The minimum Gasteiger partial charge on any atom is -0.371 e. The molecule has 0 saturated carbocycles. The highest BCUT2D eigenvalue weighted by Gasteiger charge is 2.22. The number of anilines is 1. The molecule has 2 aromatic rings. The van der Waals surface area contributed by atoms with Crippen molar-refractivity contribution in [3.8, 4) is 0 Å². The summed E-state index contributed by atoms with van der Waals surface area (Å²) in [4.78, 5) is 6.57. The molecule has 0 radical (unpaired) electrons.